The zero-order valence-electron chi connectivity index (χ0n) is 14.3. The van der Waals surface area contributed by atoms with Gasteiger partial charge >= 0.3 is 0 Å². The Kier molecular flexibility index (Phi) is 4.45. The molecule has 0 saturated heterocycles. The lowest BCUT2D eigenvalue weighted by molar-refractivity contribution is -0.125. The number of carbonyl (C=O) groups is 2. The van der Waals surface area contributed by atoms with E-state index in [2.05, 4.69) is 5.32 Å². The van der Waals surface area contributed by atoms with Crippen LogP contribution in [0.3, 0.4) is 0 Å². The molecule has 0 fully saturated rings. The van der Waals surface area contributed by atoms with Crippen LogP contribution in [-0.4, -0.2) is 18.4 Å². The van der Waals surface area contributed by atoms with Crippen molar-refractivity contribution in [2.45, 2.75) is 33.6 Å². The van der Waals surface area contributed by atoms with E-state index < -0.39 is 5.41 Å². The summed E-state index contributed by atoms with van der Waals surface area (Å²) in [5.74, 6) is 0.119. The average Bonchev–Trinajstić information content (AvgIpc) is 3.14. The molecule has 0 spiro atoms. The molecule has 0 bridgehead atoms. The minimum atomic E-state index is -0.394. The van der Waals surface area contributed by atoms with Crippen molar-refractivity contribution >= 4 is 34.5 Å². The predicted octanol–water partition coefficient (Wildman–Crippen LogP) is 3.86. The third-order valence-electron chi connectivity index (χ3n) is 4.06. The van der Waals surface area contributed by atoms with Crippen molar-refractivity contribution in [1.29, 1.82) is 0 Å². The summed E-state index contributed by atoms with van der Waals surface area (Å²) in [7, 11) is 0. The number of nitrogens with one attached hydrogen (secondary N) is 1. The van der Waals surface area contributed by atoms with E-state index in [-0.39, 0.29) is 11.8 Å². The highest BCUT2D eigenvalue weighted by Crippen LogP contribution is 2.33. The molecule has 0 aliphatic carbocycles. The first-order chi connectivity index (χ1) is 11.3. The lowest BCUT2D eigenvalue weighted by Gasteiger charge is -2.26. The van der Waals surface area contributed by atoms with Crippen LogP contribution in [-0.2, 0) is 22.4 Å². The SMILES string of the molecule is CC(C)(C)C(=O)N1CCc2cc(NC(=O)Cc3cccs3)ccc21. The average molecular weight is 342 g/mol. The van der Waals surface area contributed by atoms with Gasteiger partial charge < -0.3 is 10.2 Å². The molecular formula is C19H22N2O2S. The van der Waals surface area contributed by atoms with Gasteiger partial charge in [-0.3, -0.25) is 9.59 Å². The molecule has 24 heavy (non-hydrogen) atoms. The summed E-state index contributed by atoms with van der Waals surface area (Å²) in [5.41, 5.74) is 2.47. The molecule has 0 unspecified atom stereocenters. The van der Waals surface area contributed by atoms with Crippen LogP contribution < -0.4 is 10.2 Å². The lowest BCUT2D eigenvalue weighted by atomic mass is 9.94. The van der Waals surface area contributed by atoms with E-state index in [1.165, 1.54) is 0 Å². The molecular weight excluding hydrogens is 320 g/mol. The Bertz CT molecular complexity index is 760. The molecule has 3 rings (SSSR count). The summed E-state index contributed by atoms with van der Waals surface area (Å²) in [6, 6.07) is 9.70. The number of carbonyl (C=O) groups excluding carboxylic acids is 2. The van der Waals surface area contributed by atoms with Gasteiger partial charge in [0.25, 0.3) is 0 Å². The second kappa shape index (κ2) is 6.40. The third-order valence-corrected chi connectivity index (χ3v) is 4.94. The Balaban J connectivity index is 1.71. The number of rotatable bonds is 3. The molecule has 2 heterocycles. The monoisotopic (exact) mass is 342 g/mol. The van der Waals surface area contributed by atoms with Gasteiger partial charge in [-0.05, 0) is 41.6 Å². The minimum absolute atomic E-state index is 0.0157. The molecule has 0 radical (unpaired) electrons. The summed E-state index contributed by atoms with van der Waals surface area (Å²) in [4.78, 5) is 27.5. The van der Waals surface area contributed by atoms with Crippen molar-refractivity contribution in [3.63, 3.8) is 0 Å². The maximum absolute atomic E-state index is 12.5. The fraction of sp³-hybridized carbons (Fsp3) is 0.368. The van der Waals surface area contributed by atoms with E-state index in [1.54, 1.807) is 11.3 Å². The summed E-state index contributed by atoms with van der Waals surface area (Å²) in [5, 5.41) is 4.92. The van der Waals surface area contributed by atoms with E-state index in [1.807, 2.05) is 61.4 Å². The highest BCUT2D eigenvalue weighted by molar-refractivity contribution is 7.10. The Morgan fingerprint density at radius 1 is 1.25 bits per heavy atom. The second-order valence-electron chi connectivity index (χ2n) is 7.10. The van der Waals surface area contributed by atoms with E-state index in [0.717, 1.165) is 28.2 Å². The molecule has 1 N–H and O–H groups in total. The molecule has 5 heteroatoms. The minimum Gasteiger partial charge on any atom is -0.326 e. The van der Waals surface area contributed by atoms with Crippen LogP contribution in [0, 0.1) is 5.41 Å². The van der Waals surface area contributed by atoms with Crippen molar-refractivity contribution in [1.82, 2.24) is 0 Å². The van der Waals surface area contributed by atoms with Crippen LogP contribution in [0.15, 0.2) is 35.7 Å². The van der Waals surface area contributed by atoms with Gasteiger partial charge in [0.1, 0.15) is 0 Å². The first kappa shape index (κ1) is 16.7. The van der Waals surface area contributed by atoms with E-state index in [0.29, 0.717) is 13.0 Å². The molecule has 2 aromatic rings. The number of thiophene rings is 1. The maximum Gasteiger partial charge on any atom is 0.232 e. The Morgan fingerprint density at radius 3 is 2.71 bits per heavy atom. The number of fused-ring (bicyclic) bond motifs is 1. The number of anilines is 2. The quantitative estimate of drug-likeness (QED) is 0.921. The van der Waals surface area contributed by atoms with Crippen molar-refractivity contribution in [3.8, 4) is 0 Å². The van der Waals surface area contributed by atoms with E-state index in [9.17, 15) is 9.59 Å². The van der Waals surface area contributed by atoms with Gasteiger partial charge in [-0.15, -0.1) is 11.3 Å². The first-order valence-corrected chi connectivity index (χ1v) is 9.00. The van der Waals surface area contributed by atoms with Crippen LogP contribution in [0.4, 0.5) is 11.4 Å². The van der Waals surface area contributed by atoms with Gasteiger partial charge in [-0.25, -0.2) is 0 Å². The van der Waals surface area contributed by atoms with Gasteiger partial charge in [0.2, 0.25) is 11.8 Å². The normalized spacial score (nSPS) is 13.7. The highest BCUT2D eigenvalue weighted by Gasteiger charge is 2.32. The fourth-order valence-electron chi connectivity index (χ4n) is 2.87. The lowest BCUT2D eigenvalue weighted by Crippen LogP contribution is -2.38. The van der Waals surface area contributed by atoms with Crippen molar-refractivity contribution < 1.29 is 9.59 Å². The van der Waals surface area contributed by atoms with E-state index in [4.69, 9.17) is 0 Å². The predicted molar refractivity (Wildman–Crippen MR) is 98.6 cm³/mol. The van der Waals surface area contributed by atoms with Crippen LogP contribution in [0.1, 0.15) is 31.2 Å². The molecule has 2 amide bonds. The molecule has 126 valence electrons. The van der Waals surface area contributed by atoms with Crippen LogP contribution in [0.25, 0.3) is 0 Å². The smallest absolute Gasteiger partial charge is 0.232 e. The summed E-state index contributed by atoms with van der Waals surface area (Å²) < 4.78 is 0. The van der Waals surface area contributed by atoms with Crippen LogP contribution in [0.5, 0.6) is 0 Å². The Morgan fingerprint density at radius 2 is 2.04 bits per heavy atom. The van der Waals surface area contributed by atoms with Crippen molar-refractivity contribution in [2.24, 2.45) is 5.41 Å². The zero-order valence-corrected chi connectivity index (χ0v) is 15.1. The fourth-order valence-corrected chi connectivity index (χ4v) is 3.58. The first-order valence-electron chi connectivity index (χ1n) is 8.12. The number of amides is 2. The number of hydrogen-bond acceptors (Lipinski definition) is 3. The summed E-state index contributed by atoms with van der Waals surface area (Å²) in [6.07, 6.45) is 1.22. The largest absolute Gasteiger partial charge is 0.326 e. The van der Waals surface area contributed by atoms with Crippen LogP contribution in [0.2, 0.25) is 0 Å². The molecule has 0 saturated carbocycles. The third kappa shape index (κ3) is 3.51. The molecule has 1 aliphatic rings. The summed E-state index contributed by atoms with van der Waals surface area (Å²) in [6.45, 7) is 6.52. The molecule has 4 nitrogen and oxygen atoms in total. The molecule has 1 aromatic heterocycles. The van der Waals surface area contributed by atoms with Crippen molar-refractivity contribution in [2.75, 3.05) is 16.8 Å². The number of hydrogen-bond donors (Lipinski definition) is 1. The second-order valence-corrected chi connectivity index (χ2v) is 8.14. The number of nitrogens with zero attached hydrogens (tertiary/aromatic N) is 1. The zero-order chi connectivity index (χ0) is 17.3. The maximum atomic E-state index is 12.5. The molecule has 0 atom stereocenters. The number of benzene rings is 1. The van der Waals surface area contributed by atoms with Gasteiger partial charge in [-0.2, -0.15) is 0 Å². The molecule has 1 aliphatic heterocycles. The van der Waals surface area contributed by atoms with Crippen LogP contribution >= 0.6 is 11.3 Å². The summed E-state index contributed by atoms with van der Waals surface area (Å²) >= 11 is 1.58. The van der Waals surface area contributed by atoms with E-state index >= 15 is 0 Å². The molecule has 1 aromatic carbocycles. The van der Waals surface area contributed by atoms with Gasteiger partial charge in [-0.1, -0.05) is 26.8 Å². The van der Waals surface area contributed by atoms with Crippen molar-refractivity contribution in [3.05, 3.63) is 46.2 Å². The van der Waals surface area contributed by atoms with Gasteiger partial charge in [0, 0.05) is 28.2 Å². The Hall–Kier alpha value is -2.14. The highest BCUT2D eigenvalue weighted by atomic mass is 32.1. The topological polar surface area (TPSA) is 49.4 Å². The van der Waals surface area contributed by atoms with Gasteiger partial charge in [0.05, 0.1) is 6.42 Å². The Labute approximate surface area is 146 Å². The standard InChI is InChI=1S/C19H22N2O2S/c1-19(2,3)18(23)21-9-8-13-11-14(6-7-16(13)21)20-17(22)12-15-5-4-10-24-15/h4-7,10-11H,8-9,12H2,1-3H3,(H,20,22). The van der Waals surface area contributed by atoms with Gasteiger partial charge in [0.15, 0.2) is 0 Å².